The van der Waals surface area contributed by atoms with Crippen LogP contribution in [0.25, 0.3) is 4.95 Å². The van der Waals surface area contributed by atoms with E-state index in [-0.39, 0.29) is 0 Å². The van der Waals surface area contributed by atoms with Crippen LogP contribution < -0.4 is 22.2 Å². The molecule has 0 aromatic carbocycles. The van der Waals surface area contributed by atoms with Crippen molar-refractivity contribution in [3.05, 3.63) is 4.95 Å². The van der Waals surface area contributed by atoms with E-state index < -0.39 is 0 Å². The fourth-order valence-corrected chi connectivity index (χ4v) is 0.116. The fourth-order valence-electron chi connectivity index (χ4n) is 0.116. The van der Waals surface area contributed by atoms with E-state index in [0.717, 1.165) is 0 Å². The van der Waals surface area contributed by atoms with Gasteiger partial charge in [0.1, 0.15) is 0 Å². The first-order valence-electron chi connectivity index (χ1n) is 1.74. The normalized spacial score (nSPS) is 6.00. The molecule has 40 valence electrons. The summed E-state index contributed by atoms with van der Waals surface area (Å²) >= 11 is 0. The SMILES string of the molecule is CNNC#[N+]NN. The number of nitrogens with zero attached hydrogens (tertiary/aromatic N) is 1. The van der Waals surface area contributed by atoms with Crippen molar-refractivity contribution in [2.24, 2.45) is 5.84 Å². The molecule has 0 aliphatic heterocycles. The lowest BCUT2D eigenvalue weighted by Gasteiger charge is -1.73. The van der Waals surface area contributed by atoms with Crippen LogP contribution in [0, 0.1) is 6.19 Å². The van der Waals surface area contributed by atoms with Crippen molar-refractivity contribution in [2.75, 3.05) is 7.05 Å². The summed E-state index contributed by atoms with van der Waals surface area (Å²) in [6, 6.07) is 0. The Morgan fingerprint density at radius 1 is 1.71 bits per heavy atom. The van der Waals surface area contributed by atoms with Crippen LogP contribution in [0.3, 0.4) is 0 Å². The second-order valence-corrected chi connectivity index (χ2v) is 0.728. The Labute approximate surface area is 41.6 Å². The monoisotopic (exact) mass is 102 g/mol. The Kier molecular flexibility index (Phi) is 4.30. The van der Waals surface area contributed by atoms with Gasteiger partial charge in [0.15, 0.2) is 0 Å². The minimum absolute atomic E-state index is 1.69. The van der Waals surface area contributed by atoms with Gasteiger partial charge in [-0.2, -0.15) is 5.43 Å². The van der Waals surface area contributed by atoms with Crippen LogP contribution in [0.5, 0.6) is 0 Å². The largest absolute Gasteiger partial charge is 0.427 e. The first-order valence-corrected chi connectivity index (χ1v) is 1.74. The Morgan fingerprint density at radius 2 is 2.43 bits per heavy atom. The summed E-state index contributed by atoms with van der Waals surface area (Å²) in [5, 5.41) is 0. The highest BCUT2D eigenvalue weighted by molar-refractivity contribution is 4.74. The molecular weight excluding hydrogens is 94.1 g/mol. The first-order chi connectivity index (χ1) is 3.41. The third kappa shape index (κ3) is 5.01. The Hall–Kier alpha value is -0.990. The van der Waals surface area contributed by atoms with E-state index in [4.69, 9.17) is 5.84 Å². The van der Waals surface area contributed by atoms with E-state index in [9.17, 15) is 0 Å². The molecule has 0 rings (SSSR count). The molecule has 0 atom stereocenters. The molecule has 0 heterocycles. The number of nitrogens with one attached hydrogen (secondary N) is 3. The van der Waals surface area contributed by atoms with Gasteiger partial charge in [-0.3, -0.25) is 0 Å². The molecule has 0 aromatic heterocycles. The number of hydrogen-bond donors (Lipinski definition) is 4. The van der Waals surface area contributed by atoms with Crippen LogP contribution in [-0.2, 0) is 0 Å². The van der Waals surface area contributed by atoms with Crippen molar-refractivity contribution in [1.29, 1.82) is 0 Å². The van der Waals surface area contributed by atoms with Gasteiger partial charge in [-0.15, -0.1) is 5.43 Å². The fraction of sp³-hybridized carbons (Fsp3) is 0.500. The molecule has 0 aromatic rings. The van der Waals surface area contributed by atoms with Crippen molar-refractivity contribution >= 4 is 0 Å². The summed E-state index contributed by atoms with van der Waals surface area (Å²) in [7, 11) is 1.69. The topological polar surface area (TPSA) is 66.5 Å². The number of hydrogen-bond acceptors (Lipinski definition) is 4. The van der Waals surface area contributed by atoms with Crippen LogP contribution in [0.2, 0.25) is 0 Å². The third-order valence-corrected chi connectivity index (χ3v) is 0.301. The van der Waals surface area contributed by atoms with E-state index in [1.807, 2.05) is 5.53 Å². The molecular formula is C2H8N5+. The van der Waals surface area contributed by atoms with E-state index in [0.29, 0.717) is 0 Å². The van der Waals surface area contributed by atoms with E-state index in [1.165, 1.54) is 0 Å². The number of hydrazine groups is 2. The molecule has 0 fully saturated rings. The Bertz CT molecular complexity index is 77.8. The molecule has 5 heteroatoms. The highest BCUT2D eigenvalue weighted by Gasteiger charge is 1.71. The zero-order valence-corrected chi connectivity index (χ0v) is 4.02. The lowest BCUT2D eigenvalue weighted by Crippen LogP contribution is -2.22. The molecule has 0 aliphatic carbocycles. The third-order valence-electron chi connectivity index (χ3n) is 0.301. The molecule has 5 N–H and O–H groups in total. The van der Waals surface area contributed by atoms with Crippen molar-refractivity contribution in [3.8, 4) is 6.19 Å². The molecule has 0 bridgehead atoms. The van der Waals surface area contributed by atoms with Crippen LogP contribution in [-0.4, -0.2) is 7.05 Å². The predicted molar refractivity (Wildman–Crippen MR) is 26.8 cm³/mol. The average molecular weight is 102 g/mol. The minimum Gasteiger partial charge on any atom is -0.205 e. The molecule has 7 heavy (non-hydrogen) atoms. The van der Waals surface area contributed by atoms with Gasteiger partial charge in [0.2, 0.25) is 0 Å². The number of nitrogens with two attached hydrogens (primary N) is 1. The highest BCUT2D eigenvalue weighted by atomic mass is 15.5. The molecule has 5 nitrogen and oxygen atoms in total. The standard InChI is InChI=1S/C2H7N5/c1-4-5-2-6-7-3/h4,7H,3H2,1H3/p+1. The Balaban J connectivity index is 2.91. The smallest absolute Gasteiger partial charge is 0.205 e. The summed E-state index contributed by atoms with van der Waals surface area (Å²) in [5.41, 5.74) is 7.01. The van der Waals surface area contributed by atoms with Gasteiger partial charge < -0.3 is 0 Å². The van der Waals surface area contributed by atoms with Crippen LogP contribution >= 0.6 is 0 Å². The van der Waals surface area contributed by atoms with Crippen molar-refractivity contribution < 1.29 is 0 Å². The van der Waals surface area contributed by atoms with Crippen molar-refractivity contribution in [1.82, 2.24) is 16.4 Å². The van der Waals surface area contributed by atoms with E-state index in [2.05, 4.69) is 22.0 Å². The molecule has 0 spiro atoms. The lowest BCUT2D eigenvalue weighted by molar-refractivity contribution is 0.748. The predicted octanol–water partition coefficient (Wildman–Crippen LogP) is -1.62. The molecule has 0 unspecified atom stereocenters. The highest BCUT2D eigenvalue weighted by Crippen LogP contribution is 1.39. The van der Waals surface area contributed by atoms with Gasteiger partial charge >= 0.3 is 6.19 Å². The lowest BCUT2D eigenvalue weighted by atomic mass is 11.3. The van der Waals surface area contributed by atoms with Gasteiger partial charge in [0.05, 0.1) is 0 Å². The van der Waals surface area contributed by atoms with Crippen molar-refractivity contribution in [3.63, 3.8) is 0 Å². The van der Waals surface area contributed by atoms with Crippen molar-refractivity contribution in [2.45, 2.75) is 0 Å². The van der Waals surface area contributed by atoms with Gasteiger partial charge in [0, 0.05) is 7.05 Å². The number of rotatable bonds is 1. The zero-order chi connectivity index (χ0) is 5.54. The summed E-state index contributed by atoms with van der Waals surface area (Å²) < 4.78 is 0. The second kappa shape index (κ2) is 5.01. The minimum atomic E-state index is 1.69. The molecule has 0 amide bonds. The zero-order valence-electron chi connectivity index (χ0n) is 4.02. The first kappa shape index (κ1) is 6.01. The Morgan fingerprint density at radius 3 is 2.86 bits per heavy atom. The van der Waals surface area contributed by atoms with E-state index in [1.54, 1.807) is 7.05 Å². The summed E-state index contributed by atoms with van der Waals surface area (Å²) in [4.78, 5) is 3.27. The molecule has 0 saturated carbocycles. The quantitative estimate of drug-likeness (QED) is 0.139. The van der Waals surface area contributed by atoms with Crippen LogP contribution in [0.4, 0.5) is 0 Å². The second-order valence-electron chi connectivity index (χ2n) is 0.728. The maximum atomic E-state index is 4.72. The van der Waals surface area contributed by atoms with Gasteiger partial charge in [-0.1, -0.05) is 5.53 Å². The van der Waals surface area contributed by atoms with Crippen LogP contribution in [0.1, 0.15) is 0 Å². The summed E-state index contributed by atoms with van der Waals surface area (Å²) in [6.45, 7) is 0. The summed E-state index contributed by atoms with van der Waals surface area (Å²) in [5.74, 6) is 4.72. The van der Waals surface area contributed by atoms with Gasteiger partial charge in [-0.25, -0.2) is 5.84 Å². The van der Waals surface area contributed by atoms with Crippen LogP contribution in [0.15, 0.2) is 0 Å². The maximum Gasteiger partial charge on any atom is 0.427 e. The molecule has 0 aliphatic rings. The van der Waals surface area contributed by atoms with Gasteiger partial charge in [-0.05, 0) is 4.95 Å². The van der Waals surface area contributed by atoms with E-state index >= 15 is 0 Å². The molecule has 0 saturated heterocycles. The van der Waals surface area contributed by atoms with Gasteiger partial charge in [0.25, 0.3) is 0 Å². The molecule has 0 radical (unpaired) electrons. The summed E-state index contributed by atoms with van der Waals surface area (Å²) in [6.07, 6.45) is 2.31. The maximum absolute atomic E-state index is 4.72. The average Bonchev–Trinajstić information content (AvgIpc) is 1.69.